The highest BCUT2D eigenvalue weighted by molar-refractivity contribution is 7.16. The van der Waals surface area contributed by atoms with Crippen LogP contribution in [0, 0.1) is 0 Å². The molecule has 0 radical (unpaired) electrons. The van der Waals surface area contributed by atoms with Gasteiger partial charge in [-0.25, -0.2) is 0 Å². The van der Waals surface area contributed by atoms with Crippen molar-refractivity contribution < 1.29 is 4.79 Å². The molecule has 3 nitrogen and oxygen atoms in total. The molecule has 1 amide bonds. The van der Waals surface area contributed by atoms with Crippen molar-refractivity contribution in [3.05, 3.63) is 21.3 Å². The lowest BCUT2D eigenvalue weighted by atomic mass is 10.2. The van der Waals surface area contributed by atoms with Crippen LogP contribution in [0.2, 0.25) is 4.34 Å². The Kier molecular flexibility index (Phi) is 4.42. The summed E-state index contributed by atoms with van der Waals surface area (Å²) in [6.45, 7) is 4.39. The van der Waals surface area contributed by atoms with Crippen molar-refractivity contribution in [2.24, 2.45) is 0 Å². The van der Waals surface area contributed by atoms with Crippen molar-refractivity contribution in [1.29, 1.82) is 0 Å². The van der Waals surface area contributed by atoms with Crippen molar-refractivity contribution >= 4 is 28.8 Å². The van der Waals surface area contributed by atoms with Crippen molar-refractivity contribution in [3.63, 3.8) is 0 Å². The minimum atomic E-state index is 0.0189. The Morgan fingerprint density at radius 3 is 3.00 bits per heavy atom. The number of amides is 1. The number of hydrogen-bond donors (Lipinski definition) is 1. The Labute approximate surface area is 111 Å². The number of nitrogens with one attached hydrogen (secondary N) is 1. The zero-order valence-electron chi connectivity index (χ0n) is 9.91. The van der Waals surface area contributed by atoms with Gasteiger partial charge >= 0.3 is 0 Å². The maximum Gasteiger partial charge on any atom is 0.240 e. The quantitative estimate of drug-likeness (QED) is 0.913. The molecule has 0 aromatic carbocycles. The molecule has 1 aromatic heterocycles. The second-order valence-electron chi connectivity index (χ2n) is 4.21. The predicted molar refractivity (Wildman–Crippen MR) is 71.4 cm³/mol. The van der Waals surface area contributed by atoms with Gasteiger partial charge in [-0.2, -0.15) is 0 Å². The van der Waals surface area contributed by atoms with E-state index >= 15 is 0 Å². The van der Waals surface area contributed by atoms with Crippen LogP contribution in [0.3, 0.4) is 0 Å². The Hall–Kier alpha value is -0.580. The van der Waals surface area contributed by atoms with Gasteiger partial charge in [0.05, 0.1) is 16.9 Å². The first-order valence-corrected chi connectivity index (χ1v) is 7.16. The molecule has 1 aliphatic rings. The second-order valence-corrected chi connectivity index (χ2v) is 6.01. The Morgan fingerprint density at radius 1 is 1.65 bits per heavy atom. The molecule has 1 saturated heterocycles. The third-order valence-corrected chi connectivity index (χ3v) is 4.24. The van der Waals surface area contributed by atoms with Crippen LogP contribution in [-0.4, -0.2) is 29.9 Å². The predicted octanol–water partition coefficient (Wildman–Crippen LogP) is 2.50. The van der Waals surface area contributed by atoms with Crippen molar-refractivity contribution in [3.8, 4) is 0 Å². The van der Waals surface area contributed by atoms with Crippen LogP contribution in [-0.2, 0) is 11.3 Å². The van der Waals surface area contributed by atoms with Gasteiger partial charge in [0.1, 0.15) is 0 Å². The van der Waals surface area contributed by atoms with Gasteiger partial charge in [-0.3, -0.25) is 4.79 Å². The average molecular weight is 273 g/mol. The largest absolute Gasteiger partial charge is 0.336 e. The van der Waals surface area contributed by atoms with Gasteiger partial charge in [-0.1, -0.05) is 11.6 Å². The molecule has 0 aliphatic carbocycles. The number of rotatable bonds is 4. The fraction of sp³-hybridized carbons (Fsp3) is 0.583. The summed E-state index contributed by atoms with van der Waals surface area (Å²) in [6, 6.07) is 3.89. The molecule has 0 unspecified atom stereocenters. The minimum absolute atomic E-state index is 0.0189. The molecule has 0 spiro atoms. The molecular weight excluding hydrogens is 256 g/mol. The minimum Gasteiger partial charge on any atom is -0.336 e. The Morgan fingerprint density at radius 2 is 2.47 bits per heavy atom. The van der Waals surface area contributed by atoms with Crippen LogP contribution < -0.4 is 5.32 Å². The van der Waals surface area contributed by atoms with E-state index in [1.807, 2.05) is 24.0 Å². The van der Waals surface area contributed by atoms with Crippen LogP contribution in [0.25, 0.3) is 0 Å². The van der Waals surface area contributed by atoms with Gasteiger partial charge in [0.15, 0.2) is 0 Å². The number of carbonyl (C=O) groups excluding carboxylic acids is 1. The van der Waals surface area contributed by atoms with Gasteiger partial charge in [0.25, 0.3) is 0 Å². The first kappa shape index (κ1) is 12.9. The van der Waals surface area contributed by atoms with E-state index in [2.05, 4.69) is 5.32 Å². The first-order chi connectivity index (χ1) is 8.20. The Bertz CT molecular complexity index is 388. The molecule has 0 bridgehead atoms. The van der Waals surface area contributed by atoms with Gasteiger partial charge in [0.2, 0.25) is 5.91 Å². The Balaban J connectivity index is 1.98. The summed E-state index contributed by atoms with van der Waals surface area (Å²) in [5.41, 5.74) is 0. The summed E-state index contributed by atoms with van der Waals surface area (Å²) in [7, 11) is 0. The lowest BCUT2D eigenvalue weighted by Gasteiger charge is -2.23. The molecular formula is C12H17ClN2OS. The highest BCUT2D eigenvalue weighted by atomic mass is 35.5. The van der Waals surface area contributed by atoms with E-state index in [0.717, 1.165) is 35.1 Å². The lowest BCUT2D eigenvalue weighted by molar-refractivity contribution is -0.133. The van der Waals surface area contributed by atoms with Crippen molar-refractivity contribution in [2.45, 2.75) is 32.4 Å². The number of carbonyl (C=O) groups is 1. The monoisotopic (exact) mass is 272 g/mol. The zero-order valence-corrected chi connectivity index (χ0v) is 11.5. The van der Waals surface area contributed by atoms with Crippen molar-refractivity contribution in [1.82, 2.24) is 10.2 Å². The second kappa shape index (κ2) is 5.85. The van der Waals surface area contributed by atoms with Crippen LogP contribution in [0.15, 0.2) is 12.1 Å². The summed E-state index contributed by atoms with van der Waals surface area (Å²) >= 11 is 7.44. The maximum absolute atomic E-state index is 12.2. The number of thiophene rings is 1. The maximum atomic E-state index is 12.2. The van der Waals surface area contributed by atoms with Crippen LogP contribution in [0.4, 0.5) is 0 Å². The summed E-state index contributed by atoms with van der Waals surface area (Å²) < 4.78 is 0.780. The van der Waals surface area contributed by atoms with Crippen LogP contribution >= 0.6 is 22.9 Å². The standard InChI is InChI=1S/C12H17ClN2OS/c1-2-15(8-9-5-6-11(13)17-9)12(16)10-4-3-7-14-10/h5-6,10,14H,2-4,7-8H2,1H3/t10-/m1/s1. The van der Waals surface area contributed by atoms with E-state index in [0.29, 0.717) is 6.54 Å². The highest BCUT2D eigenvalue weighted by Gasteiger charge is 2.26. The normalized spacial score (nSPS) is 19.5. The molecule has 1 atom stereocenters. The molecule has 1 aliphatic heterocycles. The van der Waals surface area contributed by atoms with Gasteiger partial charge < -0.3 is 10.2 Å². The summed E-state index contributed by atoms with van der Waals surface area (Å²) in [5.74, 6) is 0.217. The van der Waals surface area contributed by atoms with Crippen LogP contribution in [0.1, 0.15) is 24.6 Å². The number of halogens is 1. The fourth-order valence-electron chi connectivity index (χ4n) is 2.09. The molecule has 1 aromatic rings. The average Bonchev–Trinajstić information content (AvgIpc) is 2.96. The van der Waals surface area contributed by atoms with E-state index < -0.39 is 0 Å². The molecule has 94 valence electrons. The number of nitrogens with zero attached hydrogens (tertiary/aromatic N) is 1. The van der Waals surface area contributed by atoms with E-state index in [-0.39, 0.29) is 11.9 Å². The summed E-state index contributed by atoms with van der Waals surface area (Å²) in [5, 5.41) is 3.25. The van der Waals surface area contributed by atoms with Crippen LogP contribution in [0.5, 0.6) is 0 Å². The highest BCUT2D eigenvalue weighted by Crippen LogP contribution is 2.23. The topological polar surface area (TPSA) is 32.3 Å². The van der Waals surface area contributed by atoms with E-state index in [1.54, 1.807) is 11.3 Å². The fourth-order valence-corrected chi connectivity index (χ4v) is 3.19. The van der Waals surface area contributed by atoms with E-state index in [1.165, 1.54) is 0 Å². The summed E-state index contributed by atoms with van der Waals surface area (Å²) in [6.07, 6.45) is 2.05. The SMILES string of the molecule is CCN(Cc1ccc(Cl)s1)C(=O)[C@H]1CCCN1. The molecule has 17 heavy (non-hydrogen) atoms. The zero-order chi connectivity index (χ0) is 12.3. The molecule has 5 heteroatoms. The number of hydrogen-bond acceptors (Lipinski definition) is 3. The van der Waals surface area contributed by atoms with Gasteiger partial charge in [-0.15, -0.1) is 11.3 Å². The molecule has 0 saturated carbocycles. The molecule has 1 fully saturated rings. The molecule has 1 N–H and O–H groups in total. The van der Waals surface area contributed by atoms with E-state index in [9.17, 15) is 4.79 Å². The molecule has 2 rings (SSSR count). The number of likely N-dealkylation sites (N-methyl/N-ethyl adjacent to an activating group) is 1. The van der Waals surface area contributed by atoms with Crippen molar-refractivity contribution in [2.75, 3.05) is 13.1 Å². The summed E-state index contributed by atoms with van der Waals surface area (Å²) in [4.78, 5) is 15.3. The first-order valence-electron chi connectivity index (χ1n) is 5.97. The smallest absolute Gasteiger partial charge is 0.240 e. The third kappa shape index (κ3) is 3.21. The van der Waals surface area contributed by atoms with E-state index in [4.69, 9.17) is 11.6 Å². The molecule has 2 heterocycles. The van der Waals surface area contributed by atoms with Gasteiger partial charge in [0, 0.05) is 11.4 Å². The lowest BCUT2D eigenvalue weighted by Crippen LogP contribution is -2.43. The third-order valence-electron chi connectivity index (χ3n) is 3.03. The van der Waals surface area contributed by atoms with Gasteiger partial charge in [-0.05, 0) is 38.4 Å².